The maximum atomic E-state index is 9.09. The van der Waals surface area contributed by atoms with Gasteiger partial charge in [0.05, 0.1) is 6.61 Å². The van der Waals surface area contributed by atoms with E-state index in [0.717, 1.165) is 24.3 Å². The van der Waals surface area contributed by atoms with Crippen LogP contribution in [0.3, 0.4) is 0 Å². The molecule has 0 saturated carbocycles. The molecule has 1 nitrogen and oxygen atoms in total. The minimum atomic E-state index is 0.208. The summed E-state index contributed by atoms with van der Waals surface area (Å²) in [5.74, 6) is 0.750. The SMILES string of the molecule is CCC(=CCC1=CCC(C)C1(C)C)CO. The molecule has 1 aliphatic rings. The molecule has 0 aromatic heterocycles. The van der Waals surface area contributed by atoms with E-state index in [9.17, 15) is 0 Å². The van der Waals surface area contributed by atoms with Gasteiger partial charge in [0.1, 0.15) is 0 Å². The first-order valence-corrected chi connectivity index (χ1v) is 6.00. The molecule has 86 valence electrons. The van der Waals surface area contributed by atoms with Crippen LogP contribution in [0, 0.1) is 11.3 Å². The monoisotopic (exact) mass is 208 g/mol. The Morgan fingerprint density at radius 2 is 2.27 bits per heavy atom. The largest absolute Gasteiger partial charge is 0.392 e. The molecule has 1 aliphatic carbocycles. The Hall–Kier alpha value is -0.560. The molecule has 0 bridgehead atoms. The third kappa shape index (κ3) is 2.72. The smallest absolute Gasteiger partial charge is 0.0641 e. The van der Waals surface area contributed by atoms with Crippen molar-refractivity contribution in [1.29, 1.82) is 0 Å². The average molecular weight is 208 g/mol. The van der Waals surface area contributed by atoms with Gasteiger partial charge in [0.2, 0.25) is 0 Å². The van der Waals surface area contributed by atoms with Crippen LogP contribution in [0.2, 0.25) is 0 Å². The van der Waals surface area contributed by atoms with Gasteiger partial charge in [-0.2, -0.15) is 0 Å². The Morgan fingerprint density at radius 1 is 1.60 bits per heavy atom. The first-order valence-electron chi connectivity index (χ1n) is 6.00. The zero-order valence-electron chi connectivity index (χ0n) is 10.5. The molecule has 0 spiro atoms. The summed E-state index contributed by atoms with van der Waals surface area (Å²) >= 11 is 0. The zero-order valence-corrected chi connectivity index (χ0v) is 10.5. The highest BCUT2D eigenvalue weighted by atomic mass is 16.3. The summed E-state index contributed by atoms with van der Waals surface area (Å²) in [6, 6.07) is 0. The van der Waals surface area contributed by atoms with Crippen LogP contribution in [0.5, 0.6) is 0 Å². The lowest BCUT2D eigenvalue weighted by Crippen LogP contribution is -2.18. The highest BCUT2D eigenvalue weighted by Gasteiger charge is 2.32. The van der Waals surface area contributed by atoms with E-state index in [0.29, 0.717) is 5.41 Å². The van der Waals surface area contributed by atoms with Crippen molar-refractivity contribution in [3.8, 4) is 0 Å². The lowest BCUT2D eigenvalue weighted by Gasteiger charge is -2.28. The molecule has 0 amide bonds. The molecule has 0 fully saturated rings. The molecular weight excluding hydrogens is 184 g/mol. The van der Waals surface area contributed by atoms with Crippen molar-refractivity contribution in [3.05, 3.63) is 23.3 Å². The number of hydrogen-bond donors (Lipinski definition) is 1. The molecule has 1 rings (SSSR count). The number of hydrogen-bond acceptors (Lipinski definition) is 1. The Labute approximate surface area is 93.9 Å². The van der Waals surface area contributed by atoms with Crippen LogP contribution in [0.15, 0.2) is 23.3 Å². The Bertz CT molecular complexity index is 265. The molecule has 15 heavy (non-hydrogen) atoms. The van der Waals surface area contributed by atoms with Gasteiger partial charge in [0, 0.05) is 0 Å². The summed E-state index contributed by atoms with van der Waals surface area (Å²) in [7, 11) is 0. The predicted octanol–water partition coefficient (Wildman–Crippen LogP) is 3.70. The topological polar surface area (TPSA) is 20.2 Å². The van der Waals surface area contributed by atoms with Gasteiger partial charge in [-0.3, -0.25) is 0 Å². The molecule has 0 aliphatic heterocycles. The summed E-state index contributed by atoms with van der Waals surface area (Å²) < 4.78 is 0. The molecule has 1 unspecified atom stereocenters. The second kappa shape index (κ2) is 4.98. The Kier molecular flexibility index (Phi) is 4.15. The van der Waals surface area contributed by atoms with Gasteiger partial charge in [-0.05, 0) is 36.2 Å². The van der Waals surface area contributed by atoms with Crippen LogP contribution >= 0.6 is 0 Å². The average Bonchev–Trinajstić information content (AvgIpc) is 2.45. The van der Waals surface area contributed by atoms with Gasteiger partial charge in [-0.15, -0.1) is 0 Å². The van der Waals surface area contributed by atoms with Gasteiger partial charge >= 0.3 is 0 Å². The molecule has 0 aromatic rings. The summed E-state index contributed by atoms with van der Waals surface area (Å²) in [5.41, 5.74) is 3.03. The third-order valence-electron chi connectivity index (χ3n) is 4.05. The van der Waals surface area contributed by atoms with E-state index in [1.807, 2.05) is 0 Å². The van der Waals surface area contributed by atoms with Crippen molar-refractivity contribution in [2.75, 3.05) is 6.61 Å². The van der Waals surface area contributed by atoms with E-state index >= 15 is 0 Å². The fourth-order valence-electron chi connectivity index (χ4n) is 2.11. The molecule has 0 heterocycles. The number of allylic oxidation sites excluding steroid dienone is 3. The minimum Gasteiger partial charge on any atom is -0.392 e. The van der Waals surface area contributed by atoms with Crippen molar-refractivity contribution >= 4 is 0 Å². The van der Waals surface area contributed by atoms with E-state index in [4.69, 9.17) is 5.11 Å². The number of rotatable bonds is 4. The van der Waals surface area contributed by atoms with Gasteiger partial charge < -0.3 is 5.11 Å². The van der Waals surface area contributed by atoms with E-state index in [2.05, 4.69) is 39.8 Å². The van der Waals surface area contributed by atoms with Crippen LogP contribution in [0.25, 0.3) is 0 Å². The fraction of sp³-hybridized carbons (Fsp3) is 0.714. The second-order valence-electron chi connectivity index (χ2n) is 5.17. The van der Waals surface area contributed by atoms with E-state index in [-0.39, 0.29) is 6.61 Å². The summed E-state index contributed by atoms with van der Waals surface area (Å²) in [5, 5.41) is 9.09. The Balaban J connectivity index is 2.64. The molecule has 0 radical (unpaired) electrons. The summed E-state index contributed by atoms with van der Waals surface area (Å²) in [6.45, 7) is 9.28. The van der Waals surface area contributed by atoms with Gasteiger partial charge in [0.15, 0.2) is 0 Å². The molecule has 0 aromatic carbocycles. The first-order chi connectivity index (χ1) is 7.02. The minimum absolute atomic E-state index is 0.208. The van der Waals surface area contributed by atoms with E-state index in [1.54, 1.807) is 0 Å². The van der Waals surface area contributed by atoms with Crippen LogP contribution in [0.4, 0.5) is 0 Å². The lowest BCUT2D eigenvalue weighted by atomic mass is 9.77. The number of aliphatic hydroxyl groups is 1. The van der Waals surface area contributed by atoms with E-state index in [1.165, 1.54) is 12.0 Å². The van der Waals surface area contributed by atoms with Crippen molar-refractivity contribution < 1.29 is 5.11 Å². The van der Waals surface area contributed by atoms with Crippen LogP contribution < -0.4 is 0 Å². The summed E-state index contributed by atoms with van der Waals surface area (Å²) in [4.78, 5) is 0. The van der Waals surface area contributed by atoms with Crippen LogP contribution in [0.1, 0.15) is 47.0 Å². The van der Waals surface area contributed by atoms with Crippen molar-refractivity contribution in [1.82, 2.24) is 0 Å². The second-order valence-corrected chi connectivity index (χ2v) is 5.17. The molecule has 1 atom stereocenters. The van der Waals surface area contributed by atoms with Gasteiger partial charge in [-0.25, -0.2) is 0 Å². The van der Waals surface area contributed by atoms with Crippen LogP contribution in [-0.2, 0) is 0 Å². The first kappa shape index (κ1) is 12.5. The molecular formula is C14H24O. The lowest BCUT2D eigenvalue weighted by molar-refractivity contribution is 0.312. The highest BCUT2D eigenvalue weighted by Crippen LogP contribution is 2.44. The quantitative estimate of drug-likeness (QED) is 0.698. The highest BCUT2D eigenvalue weighted by molar-refractivity contribution is 5.23. The van der Waals surface area contributed by atoms with Gasteiger partial charge in [-0.1, -0.05) is 45.4 Å². The molecule has 1 heteroatoms. The third-order valence-corrected chi connectivity index (χ3v) is 4.05. The predicted molar refractivity (Wildman–Crippen MR) is 65.7 cm³/mol. The van der Waals surface area contributed by atoms with E-state index < -0.39 is 0 Å². The fourth-order valence-corrected chi connectivity index (χ4v) is 2.11. The maximum Gasteiger partial charge on any atom is 0.0641 e. The number of aliphatic hydroxyl groups excluding tert-OH is 1. The normalized spacial score (nSPS) is 25.5. The maximum absolute atomic E-state index is 9.09. The van der Waals surface area contributed by atoms with Crippen molar-refractivity contribution in [3.63, 3.8) is 0 Å². The van der Waals surface area contributed by atoms with Crippen molar-refractivity contribution in [2.24, 2.45) is 11.3 Å². The van der Waals surface area contributed by atoms with Crippen LogP contribution in [-0.4, -0.2) is 11.7 Å². The summed E-state index contributed by atoms with van der Waals surface area (Å²) in [6.07, 6.45) is 7.76. The molecule has 1 N–H and O–H groups in total. The Morgan fingerprint density at radius 3 is 2.67 bits per heavy atom. The van der Waals surface area contributed by atoms with Gasteiger partial charge in [0.25, 0.3) is 0 Å². The zero-order chi connectivity index (χ0) is 11.5. The molecule has 0 saturated heterocycles. The standard InChI is InChI=1S/C14H24O/c1-5-12(10-15)7-9-13-8-6-11(2)14(13,3)4/h7-8,11,15H,5-6,9-10H2,1-4H3. The van der Waals surface area contributed by atoms with Crippen molar-refractivity contribution in [2.45, 2.75) is 47.0 Å².